The van der Waals surface area contributed by atoms with Crippen molar-refractivity contribution in [3.05, 3.63) is 8.79 Å². The van der Waals surface area contributed by atoms with E-state index in [0.29, 0.717) is 21.8 Å². The van der Waals surface area contributed by atoms with Gasteiger partial charge < -0.3 is 0 Å². The summed E-state index contributed by atoms with van der Waals surface area (Å²) in [6, 6.07) is 0. The third kappa shape index (κ3) is 3.57. The van der Waals surface area contributed by atoms with E-state index < -0.39 is 20.0 Å². The smallest absolute Gasteiger partial charge is 0.216 e. The summed E-state index contributed by atoms with van der Waals surface area (Å²) in [7, 11) is -6.90. The Bertz CT molecular complexity index is 698. The fourth-order valence-electron chi connectivity index (χ4n) is 1.92. The molecule has 114 valence electrons. The molecule has 1 aliphatic rings. The van der Waals surface area contributed by atoms with E-state index in [-0.39, 0.29) is 23.9 Å². The fourth-order valence-corrected chi connectivity index (χ4v) is 6.59. The molecule has 0 amide bonds. The predicted molar refractivity (Wildman–Crippen MR) is 79.7 cm³/mol. The molecule has 1 N–H and O–H groups in total. The Morgan fingerprint density at radius 1 is 1.50 bits per heavy atom. The van der Waals surface area contributed by atoms with Gasteiger partial charge in [0.05, 0.1) is 5.75 Å². The van der Waals surface area contributed by atoms with Crippen LogP contribution in [0.2, 0.25) is 0 Å². The third-order valence-corrected chi connectivity index (χ3v) is 7.84. The average Bonchev–Trinajstić information content (AvgIpc) is 2.82. The summed E-state index contributed by atoms with van der Waals surface area (Å²) in [5.74, 6) is 0.137. The van der Waals surface area contributed by atoms with Crippen LogP contribution in [-0.4, -0.2) is 51.5 Å². The SMILES string of the molecule is Cc1sc(Br)nc1S(=O)(=O)NCCN1CCCS1(=O)=O. The van der Waals surface area contributed by atoms with E-state index >= 15 is 0 Å². The van der Waals surface area contributed by atoms with Crippen molar-refractivity contribution in [1.82, 2.24) is 14.0 Å². The molecule has 0 unspecified atom stereocenters. The van der Waals surface area contributed by atoms with Gasteiger partial charge in [-0.2, -0.15) is 0 Å². The molecule has 2 rings (SSSR count). The van der Waals surface area contributed by atoms with Gasteiger partial charge in [0.1, 0.15) is 0 Å². The van der Waals surface area contributed by atoms with Gasteiger partial charge in [0.15, 0.2) is 8.94 Å². The lowest BCUT2D eigenvalue weighted by atomic mass is 10.5. The second kappa shape index (κ2) is 5.97. The van der Waals surface area contributed by atoms with Crippen LogP contribution in [0.3, 0.4) is 0 Å². The van der Waals surface area contributed by atoms with E-state index in [1.807, 2.05) is 0 Å². The van der Waals surface area contributed by atoms with E-state index in [1.165, 1.54) is 15.6 Å². The van der Waals surface area contributed by atoms with Gasteiger partial charge in [-0.05, 0) is 29.3 Å². The molecule has 0 aromatic carbocycles. The fraction of sp³-hybridized carbons (Fsp3) is 0.667. The van der Waals surface area contributed by atoms with Gasteiger partial charge in [0, 0.05) is 24.5 Å². The molecule has 0 bridgehead atoms. The summed E-state index contributed by atoms with van der Waals surface area (Å²) in [5, 5.41) is -0.0151. The Hall–Kier alpha value is -0.0700. The summed E-state index contributed by atoms with van der Waals surface area (Å²) >= 11 is 4.37. The minimum atomic E-state index is -3.70. The maximum absolute atomic E-state index is 12.0. The summed E-state index contributed by atoms with van der Waals surface area (Å²) in [6.07, 6.45) is 0.591. The van der Waals surface area contributed by atoms with Crippen molar-refractivity contribution in [3.63, 3.8) is 0 Å². The van der Waals surface area contributed by atoms with Crippen LogP contribution in [0.25, 0.3) is 0 Å². The van der Waals surface area contributed by atoms with Crippen LogP contribution in [0.5, 0.6) is 0 Å². The topological polar surface area (TPSA) is 96.4 Å². The lowest BCUT2D eigenvalue weighted by Gasteiger charge is -2.14. The maximum Gasteiger partial charge on any atom is 0.259 e. The number of rotatable bonds is 5. The molecule has 0 saturated carbocycles. The van der Waals surface area contributed by atoms with E-state index in [4.69, 9.17) is 0 Å². The number of halogens is 1. The van der Waals surface area contributed by atoms with Crippen LogP contribution in [0, 0.1) is 6.92 Å². The molecule has 1 aromatic rings. The average molecular weight is 404 g/mol. The molecule has 11 heteroatoms. The summed E-state index contributed by atoms with van der Waals surface area (Å²) in [5.41, 5.74) is 0. The maximum atomic E-state index is 12.0. The van der Waals surface area contributed by atoms with Crippen LogP contribution < -0.4 is 4.72 Å². The van der Waals surface area contributed by atoms with Crippen LogP contribution in [0.15, 0.2) is 8.94 Å². The van der Waals surface area contributed by atoms with Crippen molar-refractivity contribution >= 4 is 47.3 Å². The first-order valence-electron chi connectivity index (χ1n) is 5.83. The zero-order chi connectivity index (χ0) is 15.0. The summed E-state index contributed by atoms with van der Waals surface area (Å²) < 4.78 is 51.4. The van der Waals surface area contributed by atoms with Gasteiger partial charge in [-0.25, -0.2) is 30.8 Å². The molecule has 1 aliphatic heterocycles. The molecule has 1 saturated heterocycles. The highest BCUT2D eigenvalue weighted by Gasteiger charge is 2.28. The normalized spacial score (nSPS) is 19.5. The van der Waals surface area contributed by atoms with Gasteiger partial charge in [0.25, 0.3) is 10.0 Å². The van der Waals surface area contributed by atoms with Crippen LogP contribution in [0.1, 0.15) is 11.3 Å². The molecule has 0 aliphatic carbocycles. The van der Waals surface area contributed by atoms with Crippen molar-refractivity contribution in [1.29, 1.82) is 0 Å². The number of nitrogens with one attached hydrogen (secondary N) is 1. The lowest BCUT2D eigenvalue weighted by molar-refractivity contribution is 0.444. The molecule has 7 nitrogen and oxygen atoms in total. The minimum Gasteiger partial charge on any atom is -0.216 e. The van der Waals surface area contributed by atoms with Crippen LogP contribution in [-0.2, 0) is 20.0 Å². The van der Waals surface area contributed by atoms with Crippen molar-refractivity contribution < 1.29 is 16.8 Å². The third-order valence-electron chi connectivity index (χ3n) is 2.84. The Kier molecular flexibility index (Phi) is 4.87. The largest absolute Gasteiger partial charge is 0.259 e. The molecule has 2 heterocycles. The number of hydrogen-bond donors (Lipinski definition) is 1. The van der Waals surface area contributed by atoms with Gasteiger partial charge in [0.2, 0.25) is 10.0 Å². The number of thiazole rings is 1. The molecule has 0 spiro atoms. The van der Waals surface area contributed by atoms with E-state index in [0.717, 1.165) is 0 Å². The Morgan fingerprint density at radius 2 is 2.20 bits per heavy atom. The highest BCUT2D eigenvalue weighted by atomic mass is 79.9. The summed E-state index contributed by atoms with van der Waals surface area (Å²) in [6.45, 7) is 2.30. The van der Waals surface area contributed by atoms with Crippen LogP contribution >= 0.6 is 27.3 Å². The number of aryl methyl sites for hydroxylation is 1. The highest BCUT2D eigenvalue weighted by Crippen LogP contribution is 2.25. The zero-order valence-corrected chi connectivity index (χ0v) is 14.7. The number of aromatic nitrogens is 1. The van der Waals surface area contributed by atoms with E-state index in [2.05, 4.69) is 25.6 Å². The van der Waals surface area contributed by atoms with Crippen molar-refractivity contribution in [2.75, 3.05) is 25.4 Å². The Balaban J connectivity index is 1.99. The van der Waals surface area contributed by atoms with Gasteiger partial charge in [-0.1, -0.05) is 0 Å². The summed E-state index contributed by atoms with van der Waals surface area (Å²) in [4.78, 5) is 4.50. The van der Waals surface area contributed by atoms with E-state index in [1.54, 1.807) is 6.92 Å². The van der Waals surface area contributed by atoms with Crippen molar-refractivity contribution in [2.24, 2.45) is 0 Å². The van der Waals surface area contributed by atoms with Crippen molar-refractivity contribution in [3.8, 4) is 0 Å². The first-order chi connectivity index (χ1) is 9.22. The van der Waals surface area contributed by atoms with Gasteiger partial charge in [-0.15, -0.1) is 11.3 Å². The molecule has 0 radical (unpaired) electrons. The molecule has 0 atom stereocenters. The molecule has 1 fully saturated rings. The Morgan fingerprint density at radius 3 is 2.70 bits per heavy atom. The molecule has 20 heavy (non-hydrogen) atoms. The van der Waals surface area contributed by atoms with E-state index in [9.17, 15) is 16.8 Å². The lowest BCUT2D eigenvalue weighted by Crippen LogP contribution is -2.36. The molecule has 1 aromatic heterocycles. The van der Waals surface area contributed by atoms with Crippen molar-refractivity contribution in [2.45, 2.75) is 18.4 Å². The first-order valence-corrected chi connectivity index (χ1v) is 10.5. The Labute approximate surface area is 130 Å². The number of hydrogen-bond acceptors (Lipinski definition) is 6. The predicted octanol–water partition coefficient (Wildman–Crippen LogP) is 0.528. The molecular weight excluding hydrogens is 390 g/mol. The quantitative estimate of drug-likeness (QED) is 0.772. The van der Waals surface area contributed by atoms with Crippen LogP contribution in [0.4, 0.5) is 0 Å². The monoisotopic (exact) mass is 403 g/mol. The molecular formula is C9H14BrN3O4S3. The number of nitrogens with zero attached hydrogens (tertiary/aromatic N) is 2. The second-order valence-electron chi connectivity index (χ2n) is 4.29. The first kappa shape index (κ1) is 16.3. The standard InChI is InChI=1S/C9H14BrN3O4S3/c1-7-8(12-9(10)18-7)20(16,17)11-3-5-13-4-2-6-19(13,14)15/h11H,2-6H2,1H3. The second-order valence-corrected chi connectivity index (χ2v) is 10.5. The zero-order valence-electron chi connectivity index (χ0n) is 10.7. The van der Waals surface area contributed by atoms with Gasteiger partial charge in [-0.3, -0.25) is 0 Å². The number of sulfonamides is 2. The highest BCUT2D eigenvalue weighted by molar-refractivity contribution is 9.11. The minimum absolute atomic E-state index is 0.0151. The van der Waals surface area contributed by atoms with Gasteiger partial charge >= 0.3 is 0 Å².